The minimum atomic E-state index is 0. The van der Waals surface area contributed by atoms with Gasteiger partial charge < -0.3 is 4.90 Å². The number of likely N-dealkylation sites (N-methyl/N-ethyl adjacent to an activating group) is 1. The first-order valence-corrected chi connectivity index (χ1v) is 6.81. The van der Waals surface area contributed by atoms with E-state index in [0.717, 1.165) is 12.8 Å². The normalized spacial score (nSPS) is 17.9. The van der Waals surface area contributed by atoms with Crippen molar-refractivity contribution in [3.63, 3.8) is 0 Å². The molecule has 0 saturated heterocycles. The van der Waals surface area contributed by atoms with Crippen molar-refractivity contribution in [3.05, 3.63) is 45.9 Å². The van der Waals surface area contributed by atoms with E-state index in [-0.39, 0.29) is 12.4 Å². The number of nitrogens with zero attached hydrogens (tertiary/aromatic N) is 1. The maximum absolute atomic E-state index is 3.65. The topological polar surface area (TPSA) is 3.24 Å². The molecule has 96 valence electrons. The summed E-state index contributed by atoms with van der Waals surface area (Å²) >= 11 is 3.65. The van der Waals surface area contributed by atoms with Crippen molar-refractivity contribution in [3.8, 4) is 0 Å². The summed E-state index contributed by atoms with van der Waals surface area (Å²) in [5.74, 6) is 0. The summed E-state index contributed by atoms with van der Waals surface area (Å²) in [7, 11) is 4.35. The highest BCUT2D eigenvalue weighted by Gasteiger charge is 2.22. The molecule has 0 saturated carbocycles. The zero-order valence-corrected chi connectivity index (χ0v) is 13.0. The van der Waals surface area contributed by atoms with Gasteiger partial charge in [0.2, 0.25) is 0 Å². The van der Waals surface area contributed by atoms with Gasteiger partial charge in [-0.3, -0.25) is 0 Å². The second-order valence-electron chi connectivity index (χ2n) is 5.07. The zero-order chi connectivity index (χ0) is 12.0. The lowest BCUT2D eigenvalue weighted by atomic mass is 9.85. The Morgan fingerprint density at radius 1 is 1.06 bits per heavy atom. The minimum Gasteiger partial charge on any atom is -0.306 e. The molecule has 3 rings (SSSR count). The van der Waals surface area contributed by atoms with Gasteiger partial charge in [-0.1, -0.05) is 40.2 Å². The van der Waals surface area contributed by atoms with Crippen LogP contribution < -0.4 is 0 Å². The highest BCUT2D eigenvalue weighted by molar-refractivity contribution is 9.10. The van der Waals surface area contributed by atoms with Gasteiger partial charge in [0.25, 0.3) is 0 Å². The fraction of sp³-hybridized carbons (Fsp3) is 0.333. The van der Waals surface area contributed by atoms with Crippen molar-refractivity contribution in [1.82, 2.24) is 4.90 Å². The Balaban J connectivity index is 0.00000120. The molecule has 0 aliphatic heterocycles. The molecule has 1 unspecified atom stereocenters. The molecule has 0 spiro atoms. The predicted octanol–water partition coefficient (Wildman–Crippen LogP) is 4.05. The molecule has 0 heterocycles. The molecule has 1 aliphatic carbocycles. The van der Waals surface area contributed by atoms with E-state index in [1.807, 2.05) is 0 Å². The Kier molecular flexibility index (Phi) is 4.00. The molecule has 0 radical (unpaired) electrons. The average molecular weight is 327 g/mol. The largest absolute Gasteiger partial charge is 0.306 e. The summed E-state index contributed by atoms with van der Waals surface area (Å²) < 4.78 is 1.21. The smallest absolute Gasteiger partial charge is 0.0254 e. The van der Waals surface area contributed by atoms with E-state index in [1.165, 1.54) is 26.4 Å². The number of hydrogen-bond acceptors (Lipinski definition) is 1. The molecule has 0 bridgehead atoms. The van der Waals surface area contributed by atoms with Gasteiger partial charge >= 0.3 is 0 Å². The van der Waals surface area contributed by atoms with E-state index in [0.29, 0.717) is 6.04 Å². The van der Waals surface area contributed by atoms with E-state index in [4.69, 9.17) is 0 Å². The molecule has 2 aromatic carbocycles. The first-order chi connectivity index (χ1) is 8.16. The van der Waals surface area contributed by atoms with Crippen LogP contribution in [0.4, 0.5) is 0 Å². The molecular weight excluding hydrogens is 310 g/mol. The van der Waals surface area contributed by atoms with Crippen LogP contribution in [0.15, 0.2) is 34.8 Å². The van der Waals surface area contributed by atoms with Crippen LogP contribution >= 0.6 is 28.3 Å². The van der Waals surface area contributed by atoms with Crippen molar-refractivity contribution in [1.29, 1.82) is 0 Å². The number of hydrogen-bond donors (Lipinski definition) is 0. The minimum absolute atomic E-state index is 0. The van der Waals surface area contributed by atoms with Crippen molar-refractivity contribution >= 4 is 39.1 Å². The van der Waals surface area contributed by atoms with Crippen molar-refractivity contribution < 1.29 is 0 Å². The molecule has 3 heteroatoms. The third kappa shape index (κ3) is 2.18. The van der Waals surface area contributed by atoms with Crippen LogP contribution in [0.5, 0.6) is 0 Å². The highest BCUT2D eigenvalue weighted by Crippen LogP contribution is 2.34. The maximum atomic E-state index is 3.65. The van der Waals surface area contributed by atoms with E-state index in [1.54, 1.807) is 0 Å². The fourth-order valence-corrected chi connectivity index (χ4v) is 3.27. The first-order valence-electron chi connectivity index (χ1n) is 6.02. The fourth-order valence-electron chi connectivity index (χ4n) is 2.81. The molecule has 2 aromatic rings. The second kappa shape index (κ2) is 5.20. The Hall–Kier alpha value is -0.570. The predicted molar refractivity (Wildman–Crippen MR) is 83.8 cm³/mol. The molecule has 1 nitrogen and oxygen atoms in total. The monoisotopic (exact) mass is 325 g/mol. The van der Waals surface area contributed by atoms with E-state index >= 15 is 0 Å². The molecule has 0 fully saturated rings. The van der Waals surface area contributed by atoms with Crippen LogP contribution in [0.3, 0.4) is 0 Å². The standard InChI is InChI=1S/C15H16BrN.ClH/c1-17(2)12-8-10-4-3-5-13-14(16)7-6-11(9-12)15(10)13;/h3-7,12H,8-9H2,1-2H3;1H. The van der Waals surface area contributed by atoms with Gasteiger partial charge in [0, 0.05) is 10.5 Å². The lowest BCUT2D eigenvalue weighted by molar-refractivity contribution is 0.287. The molecule has 1 atom stereocenters. The summed E-state index contributed by atoms with van der Waals surface area (Å²) in [6, 6.07) is 11.7. The van der Waals surface area contributed by atoms with Crippen LogP contribution in [0, 0.1) is 0 Å². The van der Waals surface area contributed by atoms with Crippen LogP contribution in [0.2, 0.25) is 0 Å². The van der Waals surface area contributed by atoms with Gasteiger partial charge in [-0.2, -0.15) is 0 Å². The number of rotatable bonds is 1. The molecule has 0 amide bonds. The molecular formula is C15H17BrClN. The molecule has 1 aliphatic rings. The van der Waals surface area contributed by atoms with E-state index in [2.05, 4.69) is 65.3 Å². The van der Waals surface area contributed by atoms with Gasteiger partial charge in [0.15, 0.2) is 0 Å². The summed E-state index contributed by atoms with van der Waals surface area (Å²) in [6.45, 7) is 0. The van der Waals surface area contributed by atoms with Crippen molar-refractivity contribution in [2.24, 2.45) is 0 Å². The number of benzene rings is 2. The zero-order valence-electron chi connectivity index (χ0n) is 10.6. The highest BCUT2D eigenvalue weighted by atomic mass is 79.9. The van der Waals surface area contributed by atoms with Crippen molar-refractivity contribution in [2.45, 2.75) is 18.9 Å². The summed E-state index contributed by atoms with van der Waals surface area (Å²) in [5, 5.41) is 2.83. The molecule has 0 aromatic heterocycles. The van der Waals surface area contributed by atoms with Gasteiger partial charge in [-0.15, -0.1) is 12.4 Å². The lowest BCUT2D eigenvalue weighted by Crippen LogP contribution is -2.34. The Labute approximate surface area is 123 Å². The van der Waals surface area contributed by atoms with E-state index < -0.39 is 0 Å². The third-order valence-electron chi connectivity index (χ3n) is 3.80. The van der Waals surface area contributed by atoms with Crippen LogP contribution in [0.25, 0.3) is 10.8 Å². The number of halogens is 2. The first kappa shape index (κ1) is 13.9. The third-order valence-corrected chi connectivity index (χ3v) is 4.49. The second-order valence-corrected chi connectivity index (χ2v) is 5.93. The van der Waals surface area contributed by atoms with Gasteiger partial charge in [-0.25, -0.2) is 0 Å². The van der Waals surface area contributed by atoms with E-state index in [9.17, 15) is 0 Å². The van der Waals surface area contributed by atoms with Crippen LogP contribution in [0.1, 0.15) is 11.1 Å². The summed E-state index contributed by atoms with van der Waals surface area (Å²) in [5.41, 5.74) is 2.98. The SMILES string of the molecule is CN(C)C1Cc2cccc3c(Br)ccc(c23)C1.Cl. The lowest BCUT2D eigenvalue weighted by Gasteiger charge is -2.30. The summed E-state index contributed by atoms with van der Waals surface area (Å²) in [4.78, 5) is 2.34. The van der Waals surface area contributed by atoms with Gasteiger partial charge in [0.05, 0.1) is 0 Å². The Bertz CT molecular complexity index is 568. The van der Waals surface area contributed by atoms with Crippen molar-refractivity contribution in [2.75, 3.05) is 14.1 Å². The Morgan fingerprint density at radius 2 is 1.72 bits per heavy atom. The molecule has 18 heavy (non-hydrogen) atoms. The van der Waals surface area contributed by atoms with Crippen LogP contribution in [-0.2, 0) is 12.8 Å². The van der Waals surface area contributed by atoms with Crippen LogP contribution in [-0.4, -0.2) is 25.0 Å². The maximum Gasteiger partial charge on any atom is 0.0254 e. The Morgan fingerprint density at radius 3 is 2.39 bits per heavy atom. The summed E-state index contributed by atoms with van der Waals surface area (Å²) in [6.07, 6.45) is 2.32. The van der Waals surface area contributed by atoms with Gasteiger partial charge in [-0.05, 0) is 54.9 Å². The molecule has 0 N–H and O–H groups in total. The van der Waals surface area contributed by atoms with Gasteiger partial charge in [0.1, 0.15) is 0 Å². The quantitative estimate of drug-likeness (QED) is 0.764. The average Bonchev–Trinajstić information content (AvgIpc) is 2.33.